The van der Waals surface area contributed by atoms with E-state index in [0.29, 0.717) is 0 Å². The first-order valence-corrected chi connectivity index (χ1v) is 5.41. The number of carboxylic acids is 1. The van der Waals surface area contributed by atoms with Gasteiger partial charge in [-0.25, -0.2) is 0 Å². The van der Waals surface area contributed by atoms with E-state index in [2.05, 4.69) is 0 Å². The minimum absolute atomic E-state index is 0. The Balaban J connectivity index is 0.000000750. The van der Waals surface area contributed by atoms with Crippen molar-refractivity contribution in [1.82, 2.24) is 0 Å². The molecule has 4 saturated carbocycles. The first-order valence-electron chi connectivity index (χ1n) is 5.41. The summed E-state index contributed by atoms with van der Waals surface area (Å²) >= 11 is 0. The van der Waals surface area contributed by atoms with Gasteiger partial charge in [-0.3, -0.25) is 4.79 Å². The molecule has 0 aromatic rings. The number of carbonyl (C=O) groups is 1. The minimum Gasteiger partial charge on any atom is -1.00 e. The van der Waals surface area contributed by atoms with Crippen molar-refractivity contribution in [3.63, 3.8) is 0 Å². The van der Waals surface area contributed by atoms with Crippen LogP contribution in [-0.2, 0) is 4.79 Å². The molecule has 0 aromatic heterocycles. The summed E-state index contributed by atoms with van der Waals surface area (Å²) in [4.78, 5) is 11.3. The zero-order valence-electron chi connectivity index (χ0n) is 10.5. The summed E-state index contributed by atoms with van der Waals surface area (Å²) < 4.78 is 0. The summed E-state index contributed by atoms with van der Waals surface area (Å²) in [6.07, 6.45) is 6.92. The summed E-state index contributed by atoms with van der Waals surface area (Å²) in [7, 11) is 0. The van der Waals surface area contributed by atoms with Gasteiger partial charge in [-0.05, 0) is 56.3 Å². The summed E-state index contributed by atoms with van der Waals surface area (Å²) in [5.74, 6) is 1.75. The average molecular weight is 222 g/mol. The van der Waals surface area contributed by atoms with Gasteiger partial charge in [0.2, 0.25) is 0 Å². The topological polar surface area (TPSA) is 37.3 Å². The van der Waals surface area contributed by atoms with Crippen LogP contribution >= 0.6 is 0 Å². The van der Waals surface area contributed by atoms with Crippen molar-refractivity contribution in [2.75, 3.05) is 0 Å². The predicted molar refractivity (Wildman–Crippen MR) is 56.2 cm³/mol. The van der Waals surface area contributed by atoms with Crippen molar-refractivity contribution in [3.05, 3.63) is 0 Å². The van der Waals surface area contributed by atoms with E-state index in [-0.39, 0.29) is 46.0 Å². The Morgan fingerprint density at radius 3 is 1.71 bits per heavy atom. The SMILES string of the molecule is O=C(O)C12CC3CC(CC(C3)C1)C2.[Ca+2].[H-].[H-]. The van der Waals surface area contributed by atoms with E-state index in [0.717, 1.165) is 37.0 Å². The van der Waals surface area contributed by atoms with Gasteiger partial charge in [-0.15, -0.1) is 0 Å². The number of hydrogen-bond acceptors (Lipinski definition) is 1. The summed E-state index contributed by atoms with van der Waals surface area (Å²) in [5, 5.41) is 9.28. The molecule has 1 N–H and O–H groups in total. The fourth-order valence-electron chi connectivity index (χ4n) is 4.37. The molecule has 0 saturated heterocycles. The van der Waals surface area contributed by atoms with Gasteiger partial charge < -0.3 is 7.96 Å². The molecule has 4 aliphatic rings. The fourth-order valence-corrected chi connectivity index (χ4v) is 4.37. The van der Waals surface area contributed by atoms with Crippen LogP contribution in [-0.4, -0.2) is 48.8 Å². The molecule has 0 spiro atoms. The summed E-state index contributed by atoms with van der Waals surface area (Å²) in [6.45, 7) is 0. The van der Waals surface area contributed by atoms with Crippen LogP contribution in [0.2, 0.25) is 0 Å². The molecule has 3 heteroatoms. The van der Waals surface area contributed by atoms with Gasteiger partial charge in [0.05, 0.1) is 5.41 Å². The summed E-state index contributed by atoms with van der Waals surface area (Å²) in [6, 6.07) is 0. The number of aliphatic carboxylic acids is 1. The van der Waals surface area contributed by atoms with E-state index in [4.69, 9.17) is 0 Å². The molecule has 0 aliphatic heterocycles. The Morgan fingerprint density at radius 1 is 1.07 bits per heavy atom. The molecule has 0 amide bonds. The Bertz CT molecular complexity index is 235. The van der Waals surface area contributed by atoms with Crippen molar-refractivity contribution < 1.29 is 12.8 Å². The molecule has 0 aromatic carbocycles. The molecule has 0 radical (unpaired) electrons. The fraction of sp³-hybridized carbons (Fsp3) is 0.909. The third-order valence-corrected chi connectivity index (χ3v) is 4.49. The van der Waals surface area contributed by atoms with E-state index >= 15 is 0 Å². The van der Waals surface area contributed by atoms with Gasteiger partial charge in [0.15, 0.2) is 0 Å². The quantitative estimate of drug-likeness (QED) is 0.690. The molecule has 0 unspecified atom stereocenters. The molecular weight excluding hydrogens is 204 g/mol. The molecule has 14 heavy (non-hydrogen) atoms. The molecule has 76 valence electrons. The van der Waals surface area contributed by atoms with E-state index in [1.165, 1.54) is 19.3 Å². The molecular formula is C11H18CaO2. The monoisotopic (exact) mass is 222 g/mol. The number of carboxylic acid groups (broad SMARTS) is 1. The predicted octanol–water partition coefficient (Wildman–Crippen LogP) is 2.13. The zero-order valence-corrected chi connectivity index (χ0v) is 10.7. The molecule has 4 fully saturated rings. The van der Waals surface area contributed by atoms with Crippen molar-refractivity contribution in [2.24, 2.45) is 23.2 Å². The van der Waals surface area contributed by atoms with Crippen molar-refractivity contribution in [3.8, 4) is 0 Å². The number of hydrogen-bond donors (Lipinski definition) is 1. The van der Waals surface area contributed by atoms with E-state index in [1.54, 1.807) is 0 Å². The van der Waals surface area contributed by atoms with Gasteiger partial charge in [-0.2, -0.15) is 0 Å². The first kappa shape index (κ1) is 11.2. The zero-order chi connectivity index (χ0) is 9.05. The standard InChI is InChI=1S/C11H16O2.Ca.2H/c12-10(13)11-4-7-1-8(5-11)3-9(2-7)6-11;;;/h7-9H,1-6H2,(H,12,13);;;/q;+2;2*-1. The Labute approximate surface area is 117 Å². The Hall–Kier alpha value is 0.730. The van der Waals surface area contributed by atoms with Crippen LogP contribution in [0.1, 0.15) is 41.4 Å². The second-order valence-electron chi connectivity index (χ2n) is 5.50. The van der Waals surface area contributed by atoms with E-state index < -0.39 is 5.97 Å². The van der Waals surface area contributed by atoms with Crippen LogP contribution in [0, 0.1) is 23.2 Å². The van der Waals surface area contributed by atoms with Crippen LogP contribution in [0.3, 0.4) is 0 Å². The molecule has 4 rings (SSSR count). The second kappa shape index (κ2) is 3.64. The van der Waals surface area contributed by atoms with Crippen molar-refractivity contribution in [1.29, 1.82) is 0 Å². The Morgan fingerprint density at radius 2 is 1.43 bits per heavy atom. The normalized spacial score (nSPS) is 48.7. The van der Waals surface area contributed by atoms with Gasteiger partial charge in [0, 0.05) is 0 Å². The first-order chi connectivity index (χ1) is 6.18. The minimum atomic E-state index is -0.508. The van der Waals surface area contributed by atoms with E-state index in [9.17, 15) is 9.90 Å². The molecule has 4 aliphatic carbocycles. The molecule has 0 atom stereocenters. The van der Waals surface area contributed by atoms with E-state index in [1.807, 2.05) is 0 Å². The smallest absolute Gasteiger partial charge is 1.00 e. The average Bonchev–Trinajstić information content (AvgIpc) is 2.00. The maximum atomic E-state index is 11.3. The molecule has 4 bridgehead atoms. The van der Waals surface area contributed by atoms with Crippen molar-refractivity contribution >= 4 is 43.7 Å². The van der Waals surface area contributed by atoms with Crippen LogP contribution < -0.4 is 0 Å². The van der Waals surface area contributed by atoms with Gasteiger partial charge in [0.25, 0.3) is 0 Å². The van der Waals surface area contributed by atoms with Crippen LogP contribution in [0.25, 0.3) is 0 Å². The third-order valence-electron chi connectivity index (χ3n) is 4.49. The summed E-state index contributed by atoms with van der Waals surface area (Å²) in [5.41, 5.74) is -0.283. The van der Waals surface area contributed by atoms with Crippen LogP contribution in [0.5, 0.6) is 0 Å². The van der Waals surface area contributed by atoms with Crippen LogP contribution in [0.4, 0.5) is 0 Å². The maximum absolute atomic E-state index is 11.3. The maximum Gasteiger partial charge on any atom is 2.00 e. The Kier molecular flexibility index (Phi) is 2.92. The van der Waals surface area contributed by atoms with Crippen molar-refractivity contribution in [2.45, 2.75) is 38.5 Å². The second-order valence-corrected chi connectivity index (χ2v) is 5.50. The number of rotatable bonds is 1. The molecule has 0 heterocycles. The largest absolute Gasteiger partial charge is 2.00 e. The van der Waals surface area contributed by atoms with Crippen LogP contribution in [0.15, 0.2) is 0 Å². The van der Waals surface area contributed by atoms with Gasteiger partial charge in [0.1, 0.15) is 0 Å². The molecule has 2 nitrogen and oxygen atoms in total. The van der Waals surface area contributed by atoms with Gasteiger partial charge >= 0.3 is 43.7 Å². The third kappa shape index (κ3) is 1.54. The van der Waals surface area contributed by atoms with Gasteiger partial charge in [-0.1, -0.05) is 0 Å².